The minimum atomic E-state index is -0.0679. The third-order valence-corrected chi connectivity index (χ3v) is 3.01. The molecule has 0 aromatic carbocycles. The molecule has 20 heavy (non-hydrogen) atoms. The Hall–Kier alpha value is -1.69. The Morgan fingerprint density at radius 2 is 1.90 bits per heavy atom. The molecule has 0 fully saturated rings. The lowest BCUT2D eigenvalue weighted by molar-refractivity contribution is 0.0766. The molecule has 0 radical (unpaired) electrons. The number of carbonyl (C=O) groups is 1. The van der Waals surface area contributed by atoms with Crippen LogP contribution in [0.4, 0.5) is 5.82 Å². The number of hydrogen-bond donors (Lipinski definition) is 1. The van der Waals surface area contributed by atoms with Crippen LogP contribution >= 0.6 is 0 Å². The van der Waals surface area contributed by atoms with Crippen molar-refractivity contribution in [2.45, 2.75) is 20.3 Å². The van der Waals surface area contributed by atoms with E-state index in [1.807, 2.05) is 27.9 Å². The quantitative estimate of drug-likeness (QED) is 0.727. The highest BCUT2D eigenvalue weighted by Gasteiger charge is 2.13. The first kappa shape index (κ1) is 16.4. The van der Waals surface area contributed by atoms with Gasteiger partial charge in [-0.1, -0.05) is 0 Å². The van der Waals surface area contributed by atoms with E-state index in [0.717, 1.165) is 19.5 Å². The fraction of sp³-hybridized carbons (Fsp3) is 0.643. The van der Waals surface area contributed by atoms with Gasteiger partial charge in [-0.3, -0.25) is 4.79 Å². The zero-order valence-corrected chi connectivity index (χ0v) is 12.9. The number of anilines is 1. The smallest absolute Gasteiger partial charge is 0.274 e. The van der Waals surface area contributed by atoms with E-state index < -0.39 is 0 Å². The second-order valence-electron chi connectivity index (χ2n) is 4.85. The molecule has 0 aliphatic heterocycles. The number of carbonyl (C=O) groups excluding carboxylic acids is 1. The van der Waals surface area contributed by atoms with Crippen LogP contribution in [0.5, 0.6) is 0 Å². The van der Waals surface area contributed by atoms with Crippen molar-refractivity contribution >= 4 is 11.7 Å². The van der Waals surface area contributed by atoms with E-state index in [2.05, 4.69) is 20.2 Å². The average Bonchev–Trinajstić information content (AvgIpc) is 2.45. The van der Waals surface area contributed by atoms with Crippen LogP contribution in [0.15, 0.2) is 12.4 Å². The summed E-state index contributed by atoms with van der Waals surface area (Å²) in [4.78, 5) is 24.3. The van der Waals surface area contributed by atoms with Crippen LogP contribution < -0.4 is 5.32 Å². The molecule has 0 bridgehead atoms. The van der Waals surface area contributed by atoms with Crippen LogP contribution in [0, 0.1) is 0 Å². The lowest BCUT2D eigenvalue weighted by Gasteiger charge is -2.17. The van der Waals surface area contributed by atoms with Crippen molar-refractivity contribution in [1.29, 1.82) is 0 Å². The fourth-order valence-electron chi connectivity index (χ4n) is 1.81. The summed E-state index contributed by atoms with van der Waals surface area (Å²) in [5.74, 6) is 0.640. The zero-order chi connectivity index (χ0) is 15.0. The lowest BCUT2D eigenvalue weighted by atomic mass is 10.3. The summed E-state index contributed by atoms with van der Waals surface area (Å²) in [5.41, 5.74) is 0.396. The van der Waals surface area contributed by atoms with Gasteiger partial charge in [-0.05, 0) is 40.9 Å². The minimum Gasteiger partial charge on any atom is -0.369 e. The van der Waals surface area contributed by atoms with Crippen molar-refractivity contribution in [3.05, 3.63) is 18.1 Å². The van der Waals surface area contributed by atoms with Gasteiger partial charge in [0, 0.05) is 19.6 Å². The zero-order valence-electron chi connectivity index (χ0n) is 12.9. The Morgan fingerprint density at radius 3 is 2.40 bits per heavy atom. The number of aromatic nitrogens is 2. The third-order valence-electron chi connectivity index (χ3n) is 3.01. The molecule has 0 aliphatic carbocycles. The summed E-state index contributed by atoms with van der Waals surface area (Å²) in [6, 6.07) is 0. The van der Waals surface area contributed by atoms with Gasteiger partial charge in [-0.15, -0.1) is 0 Å². The molecule has 1 heterocycles. The maximum Gasteiger partial charge on any atom is 0.274 e. The first-order valence-electron chi connectivity index (χ1n) is 7.08. The molecule has 1 rings (SSSR count). The van der Waals surface area contributed by atoms with Gasteiger partial charge in [-0.25, -0.2) is 9.97 Å². The monoisotopic (exact) mass is 279 g/mol. The standard InChI is InChI=1S/C14H25N5O/c1-5-19(6-2)14(20)12-10-17-13(11-16-12)15-8-7-9-18(3)4/h10-11H,5-9H2,1-4H3,(H,15,17). The highest BCUT2D eigenvalue weighted by molar-refractivity contribution is 5.92. The van der Waals surface area contributed by atoms with E-state index in [1.165, 1.54) is 6.20 Å². The molecule has 1 amide bonds. The molecule has 112 valence electrons. The summed E-state index contributed by atoms with van der Waals surface area (Å²) in [5, 5.41) is 3.20. The fourth-order valence-corrected chi connectivity index (χ4v) is 1.81. The maximum atomic E-state index is 12.1. The van der Waals surface area contributed by atoms with Crippen molar-refractivity contribution < 1.29 is 4.79 Å². The van der Waals surface area contributed by atoms with Gasteiger partial charge in [-0.2, -0.15) is 0 Å². The van der Waals surface area contributed by atoms with Crippen LogP contribution in [0.25, 0.3) is 0 Å². The van der Waals surface area contributed by atoms with Gasteiger partial charge in [0.1, 0.15) is 11.5 Å². The largest absolute Gasteiger partial charge is 0.369 e. The molecule has 1 N–H and O–H groups in total. The number of rotatable bonds is 8. The molecule has 6 nitrogen and oxygen atoms in total. The molecular formula is C14H25N5O. The van der Waals surface area contributed by atoms with Crippen molar-refractivity contribution in [3.8, 4) is 0 Å². The maximum absolute atomic E-state index is 12.1. The van der Waals surface area contributed by atoms with Crippen LogP contribution in [0.1, 0.15) is 30.8 Å². The summed E-state index contributed by atoms with van der Waals surface area (Å²) in [6.45, 7) is 7.14. The van der Waals surface area contributed by atoms with E-state index in [4.69, 9.17) is 0 Å². The van der Waals surface area contributed by atoms with Crippen LogP contribution in [-0.4, -0.2) is 65.9 Å². The van der Waals surface area contributed by atoms with Crippen molar-refractivity contribution in [2.75, 3.05) is 45.6 Å². The Bertz CT molecular complexity index is 401. The highest BCUT2D eigenvalue weighted by atomic mass is 16.2. The number of amides is 1. The number of nitrogens with zero attached hydrogens (tertiary/aromatic N) is 4. The van der Waals surface area contributed by atoms with E-state index in [0.29, 0.717) is 24.6 Å². The van der Waals surface area contributed by atoms with Crippen molar-refractivity contribution in [1.82, 2.24) is 19.8 Å². The van der Waals surface area contributed by atoms with E-state index >= 15 is 0 Å². The summed E-state index contributed by atoms with van der Waals surface area (Å²) in [7, 11) is 4.10. The lowest BCUT2D eigenvalue weighted by Crippen LogP contribution is -2.31. The van der Waals surface area contributed by atoms with E-state index in [-0.39, 0.29) is 5.91 Å². The van der Waals surface area contributed by atoms with E-state index in [9.17, 15) is 4.79 Å². The Morgan fingerprint density at radius 1 is 1.20 bits per heavy atom. The van der Waals surface area contributed by atoms with Gasteiger partial charge in [0.25, 0.3) is 5.91 Å². The van der Waals surface area contributed by atoms with Crippen molar-refractivity contribution in [3.63, 3.8) is 0 Å². The third kappa shape index (κ3) is 5.13. The average molecular weight is 279 g/mol. The van der Waals surface area contributed by atoms with Gasteiger partial charge in [0.15, 0.2) is 0 Å². The molecule has 0 spiro atoms. The summed E-state index contributed by atoms with van der Waals surface area (Å²) in [6.07, 6.45) is 4.19. The van der Waals surface area contributed by atoms with Crippen LogP contribution in [0.2, 0.25) is 0 Å². The van der Waals surface area contributed by atoms with Gasteiger partial charge in [0.2, 0.25) is 0 Å². The molecular weight excluding hydrogens is 254 g/mol. The predicted octanol–water partition coefficient (Wildman–Crippen LogP) is 1.32. The number of nitrogens with one attached hydrogen (secondary N) is 1. The highest BCUT2D eigenvalue weighted by Crippen LogP contribution is 2.04. The SMILES string of the molecule is CCN(CC)C(=O)c1cnc(NCCCN(C)C)cn1. The predicted molar refractivity (Wildman–Crippen MR) is 80.9 cm³/mol. The first-order valence-corrected chi connectivity index (χ1v) is 7.08. The topological polar surface area (TPSA) is 61.4 Å². The summed E-state index contributed by atoms with van der Waals surface area (Å²) < 4.78 is 0. The molecule has 0 saturated carbocycles. The molecule has 6 heteroatoms. The Balaban J connectivity index is 2.49. The first-order chi connectivity index (χ1) is 9.58. The second-order valence-corrected chi connectivity index (χ2v) is 4.85. The number of hydrogen-bond acceptors (Lipinski definition) is 5. The molecule has 0 atom stereocenters. The van der Waals surface area contributed by atoms with Crippen molar-refractivity contribution in [2.24, 2.45) is 0 Å². The molecule has 0 unspecified atom stereocenters. The minimum absolute atomic E-state index is 0.0679. The van der Waals surface area contributed by atoms with Gasteiger partial charge in [0.05, 0.1) is 12.4 Å². The normalized spacial score (nSPS) is 10.7. The second kappa shape index (κ2) is 8.47. The Labute approximate surface area is 121 Å². The Kier molecular flexibility index (Phi) is 6.93. The van der Waals surface area contributed by atoms with Gasteiger partial charge < -0.3 is 15.1 Å². The van der Waals surface area contributed by atoms with Gasteiger partial charge >= 0.3 is 0 Å². The molecule has 0 aliphatic rings. The summed E-state index contributed by atoms with van der Waals surface area (Å²) >= 11 is 0. The molecule has 1 aromatic heterocycles. The molecule has 0 saturated heterocycles. The van der Waals surface area contributed by atoms with E-state index in [1.54, 1.807) is 11.1 Å². The van der Waals surface area contributed by atoms with Crippen LogP contribution in [-0.2, 0) is 0 Å². The van der Waals surface area contributed by atoms with Crippen LogP contribution in [0.3, 0.4) is 0 Å². The molecule has 1 aromatic rings.